The summed E-state index contributed by atoms with van der Waals surface area (Å²) in [7, 11) is 1.87. The summed E-state index contributed by atoms with van der Waals surface area (Å²) >= 11 is 1.45. The zero-order valence-electron chi connectivity index (χ0n) is 12.7. The lowest BCUT2D eigenvalue weighted by atomic mass is 9.95. The van der Waals surface area contributed by atoms with E-state index in [-0.39, 0.29) is 5.41 Å². The van der Waals surface area contributed by atoms with Crippen LogP contribution in [0.2, 0.25) is 0 Å². The second-order valence-corrected chi connectivity index (χ2v) is 6.59. The largest absolute Gasteiger partial charge is 0.373 e. The number of aromatic amines is 1. The summed E-state index contributed by atoms with van der Waals surface area (Å²) in [6.45, 7) is 10.2. The van der Waals surface area contributed by atoms with E-state index >= 15 is 0 Å². The maximum Gasteiger partial charge on any atom is 0.214 e. The molecule has 2 N–H and O–H groups in total. The number of H-pyrrole nitrogens is 1. The van der Waals surface area contributed by atoms with Crippen molar-refractivity contribution in [3.8, 4) is 0 Å². The lowest BCUT2D eigenvalue weighted by Gasteiger charge is -2.19. The Labute approximate surface area is 123 Å². The molecule has 0 aliphatic heterocycles. The Morgan fingerprint density at radius 3 is 2.30 bits per heavy atom. The first-order chi connectivity index (χ1) is 9.31. The van der Waals surface area contributed by atoms with Gasteiger partial charge in [0.1, 0.15) is 22.5 Å². The van der Waals surface area contributed by atoms with E-state index in [1.807, 2.05) is 20.9 Å². The highest BCUT2D eigenvalue weighted by Gasteiger charge is 2.21. The van der Waals surface area contributed by atoms with Gasteiger partial charge in [-0.25, -0.2) is 15.0 Å². The van der Waals surface area contributed by atoms with Gasteiger partial charge in [-0.3, -0.25) is 5.10 Å². The first kappa shape index (κ1) is 14.8. The average molecular weight is 292 g/mol. The van der Waals surface area contributed by atoms with Crippen molar-refractivity contribution in [2.75, 3.05) is 12.4 Å². The van der Waals surface area contributed by atoms with Crippen LogP contribution < -0.4 is 5.32 Å². The fourth-order valence-electron chi connectivity index (χ4n) is 1.63. The zero-order chi connectivity index (χ0) is 14.9. The predicted molar refractivity (Wildman–Crippen MR) is 80.3 cm³/mol. The van der Waals surface area contributed by atoms with Crippen molar-refractivity contribution in [2.45, 2.75) is 50.2 Å². The van der Waals surface area contributed by atoms with E-state index < -0.39 is 0 Å². The average Bonchev–Trinajstić information content (AvgIpc) is 2.76. The van der Waals surface area contributed by atoms with E-state index in [1.54, 1.807) is 0 Å². The lowest BCUT2D eigenvalue weighted by Crippen LogP contribution is -2.18. The van der Waals surface area contributed by atoms with E-state index in [9.17, 15) is 0 Å². The zero-order valence-corrected chi connectivity index (χ0v) is 13.5. The van der Waals surface area contributed by atoms with Crippen LogP contribution in [0.5, 0.6) is 0 Å². The van der Waals surface area contributed by atoms with Crippen LogP contribution >= 0.6 is 11.8 Å². The molecule has 0 aliphatic carbocycles. The second kappa shape index (κ2) is 5.40. The van der Waals surface area contributed by atoms with Crippen molar-refractivity contribution in [1.29, 1.82) is 0 Å². The van der Waals surface area contributed by atoms with Crippen molar-refractivity contribution >= 4 is 17.6 Å². The Morgan fingerprint density at radius 2 is 1.80 bits per heavy atom. The van der Waals surface area contributed by atoms with Crippen LogP contribution in [0, 0.1) is 13.8 Å². The quantitative estimate of drug-likeness (QED) is 0.847. The molecule has 108 valence electrons. The van der Waals surface area contributed by atoms with Crippen molar-refractivity contribution < 1.29 is 0 Å². The summed E-state index contributed by atoms with van der Waals surface area (Å²) in [6, 6.07) is 0. The molecule has 2 rings (SSSR count). The molecule has 7 heteroatoms. The predicted octanol–water partition coefficient (Wildman–Crippen LogP) is 2.70. The minimum atomic E-state index is -0.108. The van der Waals surface area contributed by atoms with Crippen LogP contribution in [0.25, 0.3) is 0 Å². The molecule has 0 amide bonds. The molecule has 0 radical (unpaired) electrons. The summed E-state index contributed by atoms with van der Waals surface area (Å²) in [5.74, 6) is 2.45. The van der Waals surface area contributed by atoms with Crippen molar-refractivity contribution in [2.24, 2.45) is 0 Å². The summed E-state index contributed by atoms with van der Waals surface area (Å²) in [5.41, 5.74) is 0.900. The Kier molecular flexibility index (Phi) is 3.99. The highest BCUT2D eigenvalue weighted by molar-refractivity contribution is 7.99. The van der Waals surface area contributed by atoms with Crippen LogP contribution in [-0.2, 0) is 5.41 Å². The topological polar surface area (TPSA) is 79.4 Å². The van der Waals surface area contributed by atoms with Gasteiger partial charge in [-0.05, 0) is 25.6 Å². The van der Waals surface area contributed by atoms with Crippen LogP contribution in [-0.4, -0.2) is 32.2 Å². The van der Waals surface area contributed by atoms with Crippen LogP contribution in [0.1, 0.15) is 38.0 Å². The Balaban J connectivity index is 2.45. The molecule has 0 fully saturated rings. The maximum absolute atomic E-state index is 4.67. The molecular weight excluding hydrogens is 272 g/mol. The molecule has 0 atom stereocenters. The number of hydrogen-bond acceptors (Lipinski definition) is 6. The highest BCUT2D eigenvalue weighted by atomic mass is 32.2. The second-order valence-electron chi connectivity index (χ2n) is 5.63. The van der Waals surface area contributed by atoms with Gasteiger partial charge in [-0.2, -0.15) is 0 Å². The molecule has 2 heterocycles. The van der Waals surface area contributed by atoms with Crippen molar-refractivity contribution in [3.63, 3.8) is 0 Å². The van der Waals surface area contributed by atoms with E-state index in [0.29, 0.717) is 5.16 Å². The molecule has 2 aromatic heterocycles. The molecule has 0 spiro atoms. The molecule has 0 aromatic carbocycles. The van der Waals surface area contributed by atoms with E-state index in [0.717, 1.165) is 28.1 Å². The summed E-state index contributed by atoms with van der Waals surface area (Å²) < 4.78 is 0. The summed E-state index contributed by atoms with van der Waals surface area (Å²) in [5, 5.41) is 11.7. The fraction of sp³-hybridized carbons (Fsp3) is 0.538. The summed E-state index contributed by atoms with van der Waals surface area (Å²) in [6.07, 6.45) is 0. The van der Waals surface area contributed by atoms with Gasteiger partial charge < -0.3 is 5.32 Å². The van der Waals surface area contributed by atoms with Gasteiger partial charge in [0.25, 0.3) is 0 Å². The van der Waals surface area contributed by atoms with Crippen LogP contribution in [0.4, 0.5) is 5.82 Å². The number of hydrogen-bond donors (Lipinski definition) is 2. The van der Waals surface area contributed by atoms with Gasteiger partial charge in [0.15, 0.2) is 0 Å². The first-order valence-corrected chi connectivity index (χ1v) is 7.26. The maximum atomic E-state index is 4.67. The number of aryl methyl sites for hydroxylation is 1. The SMILES string of the molecule is CNc1nc(C(C)(C)C)nc(Sc2n[nH]c(C)n2)c1C. The number of nitrogens with one attached hydrogen (secondary N) is 2. The van der Waals surface area contributed by atoms with Crippen molar-refractivity contribution in [3.05, 3.63) is 17.2 Å². The molecule has 0 bridgehead atoms. The third-order valence-corrected chi connectivity index (χ3v) is 3.73. The number of aromatic nitrogens is 5. The first-order valence-electron chi connectivity index (χ1n) is 6.45. The van der Waals surface area contributed by atoms with Crippen molar-refractivity contribution in [1.82, 2.24) is 25.1 Å². The van der Waals surface area contributed by atoms with E-state index in [2.05, 4.69) is 51.2 Å². The van der Waals surface area contributed by atoms with Crippen LogP contribution in [0.15, 0.2) is 10.2 Å². The van der Waals surface area contributed by atoms with Gasteiger partial charge >= 0.3 is 0 Å². The minimum absolute atomic E-state index is 0.108. The lowest BCUT2D eigenvalue weighted by molar-refractivity contribution is 0.538. The molecule has 0 saturated heterocycles. The van der Waals surface area contributed by atoms with Gasteiger partial charge in [-0.1, -0.05) is 20.8 Å². The molecule has 2 aromatic rings. The molecular formula is C13H20N6S. The summed E-state index contributed by atoms with van der Waals surface area (Å²) in [4.78, 5) is 13.6. The third-order valence-electron chi connectivity index (χ3n) is 2.77. The molecule has 0 saturated carbocycles. The van der Waals surface area contributed by atoms with Gasteiger partial charge in [0.2, 0.25) is 5.16 Å². The van der Waals surface area contributed by atoms with Crippen LogP contribution in [0.3, 0.4) is 0 Å². The molecule has 20 heavy (non-hydrogen) atoms. The number of nitrogens with zero attached hydrogens (tertiary/aromatic N) is 4. The molecule has 0 unspecified atom stereocenters. The van der Waals surface area contributed by atoms with Gasteiger partial charge in [-0.15, -0.1) is 5.10 Å². The fourth-order valence-corrected chi connectivity index (χ4v) is 2.46. The Hall–Kier alpha value is -1.63. The Bertz CT molecular complexity index is 614. The molecule has 0 aliphatic rings. The van der Waals surface area contributed by atoms with Gasteiger partial charge in [0, 0.05) is 18.0 Å². The van der Waals surface area contributed by atoms with Gasteiger partial charge in [0.05, 0.1) is 0 Å². The number of rotatable bonds is 3. The number of anilines is 1. The molecule has 6 nitrogen and oxygen atoms in total. The smallest absolute Gasteiger partial charge is 0.214 e. The highest BCUT2D eigenvalue weighted by Crippen LogP contribution is 2.31. The van der Waals surface area contributed by atoms with E-state index in [4.69, 9.17) is 0 Å². The third kappa shape index (κ3) is 3.09. The van der Waals surface area contributed by atoms with E-state index in [1.165, 1.54) is 11.8 Å². The minimum Gasteiger partial charge on any atom is -0.373 e. The Morgan fingerprint density at radius 1 is 1.10 bits per heavy atom. The standard InChI is InChI=1S/C13H20N6S/c1-7-9(14-6)16-11(13(3,4)5)17-10(7)20-12-15-8(2)18-19-12/h1-6H3,(H,14,16,17)(H,15,18,19). The monoisotopic (exact) mass is 292 g/mol. The normalized spacial score (nSPS) is 11.7.